The van der Waals surface area contributed by atoms with Gasteiger partial charge in [-0.15, -0.1) is 0 Å². The first-order valence-corrected chi connectivity index (χ1v) is 6.56. The molecule has 1 unspecified atom stereocenters. The van der Waals surface area contributed by atoms with Gasteiger partial charge in [0.2, 0.25) is 0 Å². The summed E-state index contributed by atoms with van der Waals surface area (Å²) >= 11 is 1.99. The van der Waals surface area contributed by atoms with Gasteiger partial charge in [0.05, 0.1) is 0 Å². The zero-order valence-electron chi connectivity index (χ0n) is 8.71. The maximum atomic E-state index is 13.3. The fourth-order valence-electron chi connectivity index (χ4n) is 1.80. The van der Waals surface area contributed by atoms with E-state index in [4.69, 9.17) is 0 Å². The molecule has 2 rings (SSSR count). The lowest BCUT2D eigenvalue weighted by molar-refractivity contribution is 0.496. The molecule has 1 heterocycles. The van der Waals surface area contributed by atoms with Gasteiger partial charge in [-0.1, -0.05) is 18.2 Å². The Bertz CT molecular complexity index is 310. The maximum Gasteiger partial charge on any atom is 0.127 e. The summed E-state index contributed by atoms with van der Waals surface area (Å²) in [5.41, 5.74) is 0.771. The van der Waals surface area contributed by atoms with E-state index in [0.717, 1.165) is 11.3 Å². The summed E-state index contributed by atoms with van der Waals surface area (Å²) in [4.78, 5) is 0. The monoisotopic (exact) mass is 225 g/mol. The van der Waals surface area contributed by atoms with Crippen molar-refractivity contribution in [3.63, 3.8) is 0 Å². The second kappa shape index (κ2) is 5.52. The summed E-state index contributed by atoms with van der Waals surface area (Å²) in [6, 6.07) is 7.54. The number of benzene rings is 1. The second-order valence-electron chi connectivity index (χ2n) is 3.89. The standard InChI is InChI=1S/C12H16FNS/c13-12-6-2-1-4-10(12)8-14-11-5-3-7-15-9-11/h1-2,4,6,11,14H,3,5,7-9H2. The van der Waals surface area contributed by atoms with E-state index >= 15 is 0 Å². The summed E-state index contributed by atoms with van der Waals surface area (Å²) < 4.78 is 13.3. The predicted molar refractivity (Wildman–Crippen MR) is 63.6 cm³/mol. The van der Waals surface area contributed by atoms with E-state index in [1.54, 1.807) is 6.07 Å². The van der Waals surface area contributed by atoms with E-state index in [1.165, 1.54) is 24.7 Å². The Morgan fingerprint density at radius 2 is 2.27 bits per heavy atom. The average Bonchev–Trinajstić information content (AvgIpc) is 2.29. The molecule has 1 atom stereocenters. The first-order valence-electron chi connectivity index (χ1n) is 5.41. The SMILES string of the molecule is Fc1ccccc1CNC1CCCSC1. The van der Waals surface area contributed by atoms with Gasteiger partial charge in [-0.25, -0.2) is 4.39 Å². The van der Waals surface area contributed by atoms with Crippen LogP contribution in [0.5, 0.6) is 0 Å². The van der Waals surface area contributed by atoms with Crippen LogP contribution >= 0.6 is 11.8 Å². The highest BCUT2D eigenvalue weighted by molar-refractivity contribution is 7.99. The molecule has 1 saturated heterocycles. The molecule has 1 nitrogen and oxygen atoms in total. The number of thioether (sulfide) groups is 1. The molecule has 0 radical (unpaired) electrons. The quantitative estimate of drug-likeness (QED) is 0.849. The number of hydrogen-bond donors (Lipinski definition) is 1. The van der Waals surface area contributed by atoms with Crippen molar-refractivity contribution in [3.05, 3.63) is 35.6 Å². The molecule has 1 aromatic rings. The van der Waals surface area contributed by atoms with Gasteiger partial charge in [0, 0.05) is 23.9 Å². The van der Waals surface area contributed by atoms with Crippen LogP contribution in [0.1, 0.15) is 18.4 Å². The number of halogens is 1. The highest BCUT2D eigenvalue weighted by Crippen LogP contribution is 2.17. The molecule has 1 aromatic carbocycles. The first-order chi connectivity index (χ1) is 7.36. The van der Waals surface area contributed by atoms with Crippen LogP contribution in [0.2, 0.25) is 0 Å². The number of nitrogens with one attached hydrogen (secondary N) is 1. The smallest absolute Gasteiger partial charge is 0.127 e. The molecule has 82 valence electrons. The molecular formula is C12H16FNS. The van der Waals surface area contributed by atoms with Crippen LogP contribution in [-0.4, -0.2) is 17.5 Å². The van der Waals surface area contributed by atoms with Gasteiger partial charge in [-0.05, 0) is 24.7 Å². The third kappa shape index (κ3) is 3.21. The third-order valence-corrected chi connectivity index (χ3v) is 3.91. The molecule has 1 aliphatic rings. The molecule has 0 aliphatic carbocycles. The first kappa shape index (κ1) is 11.0. The Kier molecular flexibility index (Phi) is 4.03. The van der Waals surface area contributed by atoms with Crippen molar-refractivity contribution in [3.8, 4) is 0 Å². The highest BCUT2D eigenvalue weighted by atomic mass is 32.2. The van der Waals surface area contributed by atoms with Crippen molar-refractivity contribution < 1.29 is 4.39 Å². The lowest BCUT2D eigenvalue weighted by Gasteiger charge is -2.22. The van der Waals surface area contributed by atoms with Crippen molar-refractivity contribution >= 4 is 11.8 Å². The van der Waals surface area contributed by atoms with E-state index in [-0.39, 0.29) is 5.82 Å². The van der Waals surface area contributed by atoms with Gasteiger partial charge in [-0.2, -0.15) is 11.8 Å². The number of hydrogen-bond acceptors (Lipinski definition) is 2. The molecule has 0 saturated carbocycles. The molecule has 15 heavy (non-hydrogen) atoms. The molecule has 0 aromatic heterocycles. The summed E-state index contributed by atoms with van der Waals surface area (Å²) in [5.74, 6) is 2.33. The van der Waals surface area contributed by atoms with Gasteiger partial charge in [-0.3, -0.25) is 0 Å². The van der Waals surface area contributed by atoms with E-state index < -0.39 is 0 Å². The predicted octanol–water partition coefficient (Wildman–Crippen LogP) is 2.81. The average molecular weight is 225 g/mol. The highest BCUT2D eigenvalue weighted by Gasteiger charge is 2.13. The molecule has 3 heteroatoms. The van der Waals surface area contributed by atoms with Crippen molar-refractivity contribution in [1.82, 2.24) is 5.32 Å². The Morgan fingerprint density at radius 1 is 1.40 bits per heavy atom. The van der Waals surface area contributed by atoms with Crippen LogP contribution in [-0.2, 0) is 6.54 Å². The maximum absolute atomic E-state index is 13.3. The van der Waals surface area contributed by atoms with E-state index in [9.17, 15) is 4.39 Å². The fraction of sp³-hybridized carbons (Fsp3) is 0.500. The van der Waals surface area contributed by atoms with Gasteiger partial charge < -0.3 is 5.32 Å². The van der Waals surface area contributed by atoms with E-state index in [2.05, 4.69) is 5.32 Å². The largest absolute Gasteiger partial charge is 0.309 e. The second-order valence-corrected chi connectivity index (χ2v) is 5.04. The zero-order chi connectivity index (χ0) is 10.5. The Morgan fingerprint density at radius 3 is 3.00 bits per heavy atom. The molecule has 1 fully saturated rings. The molecule has 0 amide bonds. The molecule has 1 aliphatic heterocycles. The van der Waals surface area contributed by atoms with Crippen LogP contribution in [0.4, 0.5) is 4.39 Å². The summed E-state index contributed by atoms with van der Waals surface area (Å²) in [7, 11) is 0. The van der Waals surface area contributed by atoms with E-state index in [0.29, 0.717) is 12.6 Å². The Hall–Kier alpha value is -0.540. The minimum absolute atomic E-state index is 0.103. The van der Waals surface area contributed by atoms with Crippen LogP contribution in [0.25, 0.3) is 0 Å². The molecular weight excluding hydrogens is 209 g/mol. The lowest BCUT2D eigenvalue weighted by atomic mass is 10.1. The van der Waals surface area contributed by atoms with Gasteiger partial charge in [0.1, 0.15) is 5.82 Å². The number of rotatable bonds is 3. The van der Waals surface area contributed by atoms with Crippen LogP contribution in [0.3, 0.4) is 0 Å². The minimum Gasteiger partial charge on any atom is -0.309 e. The van der Waals surface area contributed by atoms with Crippen LogP contribution < -0.4 is 5.32 Å². The normalized spacial score (nSPS) is 21.5. The molecule has 0 spiro atoms. The van der Waals surface area contributed by atoms with Crippen LogP contribution in [0, 0.1) is 5.82 Å². The fourth-order valence-corrected chi connectivity index (χ4v) is 2.90. The minimum atomic E-state index is -0.103. The summed E-state index contributed by atoms with van der Waals surface area (Å²) in [5, 5.41) is 3.42. The third-order valence-electron chi connectivity index (χ3n) is 2.70. The van der Waals surface area contributed by atoms with Crippen molar-refractivity contribution in [1.29, 1.82) is 0 Å². The topological polar surface area (TPSA) is 12.0 Å². The lowest BCUT2D eigenvalue weighted by Crippen LogP contribution is -2.33. The Balaban J connectivity index is 1.84. The van der Waals surface area contributed by atoms with Gasteiger partial charge in [0.15, 0.2) is 0 Å². The van der Waals surface area contributed by atoms with Gasteiger partial charge >= 0.3 is 0 Å². The van der Waals surface area contributed by atoms with Gasteiger partial charge in [0.25, 0.3) is 0 Å². The van der Waals surface area contributed by atoms with E-state index in [1.807, 2.05) is 23.9 Å². The zero-order valence-corrected chi connectivity index (χ0v) is 9.52. The van der Waals surface area contributed by atoms with Crippen molar-refractivity contribution in [2.45, 2.75) is 25.4 Å². The molecule has 1 N–H and O–H groups in total. The summed E-state index contributed by atoms with van der Waals surface area (Å²) in [6.07, 6.45) is 2.50. The van der Waals surface area contributed by atoms with Crippen molar-refractivity contribution in [2.75, 3.05) is 11.5 Å². The van der Waals surface area contributed by atoms with Crippen molar-refractivity contribution in [2.24, 2.45) is 0 Å². The van der Waals surface area contributed by atoms with Crippen LogP contribution in [0.15, 0.2) is 24.3 Å². The molecule has 0 bridgehead atoms. The Labute approximate surface area is 94.5 Å². The summed E-state index contributed by atoms with van der Waals surface area (Å²) in [6.45, 7) is 0.651.